The van der Waals surface area contributed by atoms with Crippen LogP contribution in [0.25, 0.3) is 5.32 Å². The molecule has 0 radical (unpaired) electrons. The Morgan fingerprint density at radius 3 is 2.51 bits per heavy atom. The lowest BCUT2D eigenvalue weighted by Gasteiger charge is -2.57. The number of hydrogen-bond donors (Lipinski definition) is 5. The van der Waals surface area contributed by atoms with Gasteiger partial charge < -0.3 is 59.1 Å². The van der Waals surface area contributed by atoms with Gasteiger partial charge in [-0.3, -0.25) is 5.32 Å². The fourth-order valence-corrected chi connectivity index (χ4v) is 8.17. The molecule has 14 nitrogen and oxygen atoms in total. The first-order chi connectivity index (χ1) is 20.5. The summed E-state index contributed by atoms with van der Waals surface area (Å²) in [4.78, 5) is 16.1. The number of hydrogen-bond acceptors (Lipinski definition) is 12. The third kappa shape index (κ3) is 5.10. The fourth-order valence-electron chi connectivity index (χ4n) is 8.17. The van der Waals surface area contributed by atoms with E-state index in [4.69, 9.17) is 23.7 Å². The summed E-state index contributed by atoms with van der Waals surface area (Å²) >= 11 is 0. The molecule has 0 amide bonds. The van der Waals surface area contributed by atoms with Crippen molar-refractivity contribution < 1.29 is 59.1 Å². The van der Waals surface area contributed by atoms with Crippen molar-refractivity contribution in [1.82, 2.24) is 0 Å². The summed E-state index contributed by atoms with van der Waals surface area (Å²) in [6.07, 6.45) is -2.36. The van der Waals surface area contributed by atoms with E-state index in [-0.39, 0.29) is 30.6 Å². The maximum absolute atomic E-state index is 12.3. The minimum atomic E-state index is -2.57. The molecule has 2 bridgehead atoms. The van der Waals surface area contributed by atoms with Gasteiger partial charge in [0.2, 0.25) is 0 Å². The molecule has 238 valence electrons. The quantitative estimate of drug-likeness (QED) is 0.116. The van der Waals surface area contributed by atoms with Gasteiger partial charge in [0.15, 0.2) is 41.7 Å². The van der Waals surface area contributed by atoms with Crippen molar-refractivity contribution in [3.63, 3.8) is 0 Å². The zero-order valence-electron chi connectivity index (χ0n) is 24.1. The maximum atomic E-state index is 12.3. The van der Waals surface area contributed by atoms with E-state index >= 15 is 0 Å². The predicted octanol–water partition coefficient (Wildman–Crippen LogP) is -2.40. The van der Waals surface area contributed by atoms with Crippen LogP contribution in [0.4, 0.5) is 0 Å². The van der Waals surface area contributed by atoms with Crippen LogP contribution >= 0.6 is 0 Å². The molecule has 0 aromatic carbocycles. The second-order valence-corrected chi connectivity index (χ2v) is 12.7. The number of aliphatic carboxylic acids is 1. The lowest BCUT2D eigenvalue weighted by Crippen LogP contribution is -2.79. The van der Waals surface area contributed by atoms with Gasteiger partial charge in [-0.2, -0.15) is 0 Å². The van der Waals surface area contributed by atoms with E-state index < -0.39 is 78.0 Å². The number of methoxy groups -OCH3 is 2. The number of carboxylic acid groups (broad SMARTS) is 1. The van der Waals surface area contributed by atoms with Crippen LogP contribution in [0.3, 0.4) is 0 Å². The largest absolute Gasteiger partial charge is 0.547 e. The lowest BCUT2D eigenvalue weighted by molar-refractivity contribution is -0.397. The summed E-state index contributed by atoms with van der Waals surface area (Å²) in [5.74, 6) is -3.36. The molecule has 43 heavy (non-hydrogen) atoms. The number of aliphatic hydroxyl groups is 7. The molecule has 2 saturated carbocycles. The zero-order chi connectivity index (χ0) is 30.7. The molecular weight excluding hydrogens is 568 g/mol. The third-order valence-electron chi connectivity index (χ3n) is 10.5. The number of aliphatic imine (C=N–C) groups is 1. The van der Waals surface area contributed by atoms with Crippen molar-refractivity contribution >= 4 is 12.2 Å². The van der Waals surface area contributed by atoms with Crippen LogP contribution in [0, 0.1) is 30.5 Å². The molecule has 0 aromatic rings. The highest BCUT2D eigenvalue weighted by molar-refractivity contribution is 5.84. The van der Waals surface area contributed by atoms with E-state index in [1.165, 1.54) is 32.1 Å². The molecule has 6 rings (SSSR count). The van der Waals surface area contributed by atoms with E-state index in [0.717, 1.165) is 25.7 Å². The minimum Gasteiger partial charge on any atom is -0.547 e. The molecule has 3 heterocycles. The topological polar surface area (TPSA) is 217 Å². The molecule has 6 aliphatic rings. The van der Waals surface area contributed by atoms with Crippen molar-refractivity contribution in [2.24, 2.45) is 22.7 Å². The van der Waals surface area contributed by atoms with Gasteiger partial charge in [-0.25, -0.2) is 0 Å². The van der Waals surface area contributed by atoms with Gasteiger partial charge in [-0.15, -0.1) is 0 Å². The van der Waals surface area contributed by atoms with Gasteiger partial charge in [0, 0.05) is 33.0 Å². The Labute approximate surface area is 249 Å². The molecule has 2 saturated heterocycles. The van der Waals surface area contributed by atoms with Gasteiger partial charge in [0.05, 0.1) is 43.0 Å². The summed E-state index contributed by atoms with van der Waals surface area (Å²) in [6, 6.07) is 0.165. The van der Waals surface area contributed by atoms with Crippen LogP contribution in [-0.4, -0.2) is 129 Å². The highest BCUT2D eigenvalue weighted by Gasteiger charge is 2.71. The fraction of sp³-hybridized carbons (Fsp3) is 0.793. The van der Waals surface area contributed by atoms with Crippen LogP contribution in [-0.2, 0) is 23.7 Å². The molecular formula is C29H41N2O12+. The van der Waals surface area contributed by atoms with E-state index in [2.05, 4.69) is 10.3 Å². The van der Waals surface area contributed by atoms with Gasteiger partial charge in [-0.05, 0) is 37.8 Å². The highest BCUT2D eigenvalue weighted by atomic mass is 16.7. The smallest absolute Gasteiger partial charge is 0.302 e. The Bertz CT molecular complexity index is 1090. The summed E-state index contributed by atoms with van der Waals surface area (Å²) in [6.45, 7) is 1.21. The van der Waals surface area contributed by atoms with Crippen LogP contribution in [0.2, 0.25) is 0 Å². The van der Waals surface area contributed by atoms with Crippen molar-refractivity contribution in [1.29, 1.82) is 0 Å². The highest BCUT2D eigenvalue weighted by Crippen LogP contribution is 2.51. The monoisotopic (exact) mass is 609 g/mol. The lowest BCUT2D eigenvalue weighted by atomic mass is 9.63. The number of nitrogens with zero attached hydrogens (tertiary/aromatic N) is 2. The van der Waals surface area contributed by atoms with Crippen LogP contribution in [0.5, 0.6) is 0 Å². The Kier molecular flexibility index (Phi) is 8.58. The number of aliphatic hydroxyl groups excluding tert-OH is 3. The number of ether oxygens (including phenoxy) is 5. The minimum absolute atomic E-state index is 0.118. The molecule has 3 aliphatic carbocycles. The molecule has 0 aromatic heterocycles. The summed E-state index contributed by atoms with van der Waals surface area (Å²) in [5.41, 5.74) is -4.95. The zero-order valence-corrected chi connectivity index (χ0v) is 24.1. The molecule has 6 N–H and O–H groups in total. The normalized spacial score (nSPS) is 51.1. The van der Waals surface area contributed by atoms with Crippen molar-refractivity contribution in [3.05, 3.63) is 30.2 Å². The maximum Gasteiger partial charge on any atom is 0.302 e. The van der Waals surface area contributed by atoms with E-state index in [1.807, 2.05) is 0 Å². The van der Waals surface area contributed by atoms with E-state index in [9.17, 15) is 35.4 Å². The Morgan fingerprint density at radius 2 is 1.88 bits per heavy atom. The predicted molar refractivity (Wildman–Crippen MR) is 145 cm³/mol. The molecule has 7 unspecified atom stereocenters. The SMILES string of the molecule is COC1CCC(C2CC(O)C3C(CC(O[C@H]4O[C@H](C(=O)[O-])[C@]5(O)[C@@H]([C+]6C=N[CH+][N-]6)C=C[C@]4(O)[C@@H]5O)C(OC)C3O)[OH+]2)CC1. The molecule has 13 atom stereocenters. The first-order valence-electron chi connectivity index (χ1n) is 14.9. The van der Waals surface area contributed by atoms with E-state index in [0.29, 0.717) is 6.42 Å². The first kappa shape index (κ1) is 31.2. The van der Waals surface area contributed by atoms with Crippen molar-refractivity contribution in [2.45, 2.75) is 111 Å². The molecule has 14 heteroatoms. The summed E-state index contributed by atoms with van der Waals surface area (Å²) in [5, 5.41) is 73.3. The average Bonchev–Trinajstić information content (AvgIpc) is 3.51. The number of carbonyl (C=O) groups excluding carboxylic acids is 1. The Morgan fingerprint density at radius 1 is 1.14 bits per heavy atom. The van der Waals surface area contributed by atoms with Gasteiger partial charge in [0.1, 0.15) is 18.3 Å². The van der Waals surface area contributed by atoms with Crippen molar-refractivity contribution in [3.8, 4) is 0 Å². The number of carbonyl (C=O) groups is 1. The first-order valence-corrected chi connectivity index (χ1v) is 14.9. The van der Waals surface area contributed by atoms with Crippen LogP contribution in [0.15, 0.2) is 17.1 Å². The van der Waals surface area contributed by atoms with Gasteiger partial charge in [-0.1, -0.05) is 4.99 Å². The van der Waals surface area contributed by atoms with Gasteiger partial charge >= 0.3 is 6.21 Å². The number of rotatable bonds is 7. The van der Waals surface area contributed by atoms with Crippen molar-refractivity contribution in [2.75, 3.05) is 14.2 Å². The summed E-state index contributed by atoms with van der Waals surface area (Å²) < 4.78 is 28.0. The molecule has 0 spiro atoms. The number of fused-ring (bicyclic) bond motifs is 3. The standard InChI is InChI=1S/C29H40N2O12/c1-39-14-5-3-13(4-6-14)18-9-17(32)21-19(41-18)10-20(23(40-2)22(21)33)42-27-28(37)8-7-15(16-11-30-12-31-16)29(38,26(28)36)24(43-27)25(34)35/h7-8,11-15,17-24,26-27,32-33,36-38H,3-6,9-10H2,1-2H3/p+1/t13?,14?,15-,17?,18?,19?,20?,21?,22?,23?,24-,26+,27+,28+,29-/m1/s1. The second-order valence-electron chi connectivity index (χ2n) is 12.7. The average molecular weight is 610 g/mol. The third-order valence-corrected chi connectivity index (χ3v) is 10.5. The Hall–Kier alpha value is -1.82. The Balaban J connectivity index is 1.24. The molecule has 3 aliphatic heterocycles. The van der Waals surface area contributed by atoms with Gasteiger partial charge in [0.25, 0.3) is 0 Å². The second kappa shape index (κ2) is 11.8. The summed E-state index contributed by atoms with van der Waals surface area (Å²) in [7, 11) is 3.08. The number of carboxylic acids is 1. The van der Waals surface area contributed by atoms with E-state index in [1.54, 1.807) is 7.11 Å². The van der Waals surface area contributed by atoms with Crippen LogP contribution in [0.1, 0.15) is 38.5 Å². The van der Waals surface area contributed by atoms with Crippen LogP contribution < -0.4 is 5.11 Å². The molecule has 4 fully saturated rings.